The van der Waals surface area contributed by atoms with Crippen molar-refractivity contribution >= 4 is 47.2 Å². The number of carbonyl (C=O) groups excluding carboxylic acids is 3. The SMILES string of the molecule is CC(C)CC(N)C(=O)NC(CS)C(=O)NC(Cc1ccc(O)cc1)C(=O)NC(Cc1c[nH]c2ccccc12)C(=O)O. The van der Waals surface area contributed by atoms with E-state index in [1.54, 1.807) is 18.3 Å². The third kappa shape index (κ3) is 8.98. The van der Waals surface area contributed by atoms with Crippen LogP contribution < -0.4 is 21.7 Å². The lowest BCUT2D eigenvalue weighted by Crippen LogP contribution is -2.58. The Morgan fingerprint density at radius 3 is 2.12 bits per heavy atom. The van der Waals surface area contributed by atoms with Gasteiger partial charge in [-0.15, -0.1) is 0 Å². The highest BCUT2D eigenvalue weighted by Crippen LogP contribution is 2.19. The van der Waals surface area contributed by atoms with E-state index in [2.05, 4.69) is 33.6 Å². The van der Waals surface area contributed by atoms with Crippen molar-refractivity contribution in [2.45, 2.75) is 57.3 Å². The molecule has 0 aliphatic heterocycles. The molecule has 3 amide bonds. The number of rotatable bonds is 14. The minimum Gasteiger partial charge on any atom is -0.508 e. The second-order valence-corrected chi connectivity index (χ2v) is 10.7. The van der Waals surface area contributed by atoms with E-state index in [9.17, 15) is 29.4 Å². The predicted molar refractivity (Wildman–Crippen MR) is 159 cm³/mol. The Kier molecular flexibility index (Phi) is 11.2. The Morgan fingerprint density at radius 1 is 0.878 bits per heavy atom. The Bertz CT molecular complexity index is 1360. The normalized spacial score (nSPS) is 14.2. The van der Waals surface area contributed by atoms with E-state index < -0.39 is 47.9 Å². The van der Waals surface area contributed by atoms with Crippen LogP contribution in [0.25, 0.3) is 10.9 Å². The minimum atomic E-state index is -1.28. The molecule has 2 aromatic carbocycles. The van der Waals surface area contributed by atoms with E-state index >= 15 is 0 Å². The first-order valence-corrected chi connectivity index (χ1v) is 13.9. The molecular formula is C29H37N5O6S. The summed E-state index contributed by atoms with van der Waals surface area (Å²) in [4.78, 5) is 54.4. The van der Waals surface area contributed by atoms with Crippen LogP contribution in [0.5, 0.6) is 5.75 Å². The van der Waals surface area contributed by atoms with Gasteiger partial charge in [0, 0.05) is 35.7 Å². The second-order valence-electron chi connectivity index (χ2n) is 10.4. The van der Waals surface area contributed by atoms with Gasteiger partial charge in [0.25, 0.3) is 0 Å². The Labute approximate surface area is 243 Å². The van der Waals surface area contributed by atoms with Crippen LogP contribution in [-0.4, -0.2) is 68.8 Å². The van der Waals surface area contributed by atoms with Crippen LogP contribution in [0, 0.1) is 5.92 Å². The average molecular weight is 584 g/mol. The van der Waals surface area contributed by atoms with Crippen molar-refractivity contribution in [1.29, 1.82) is 0 Å². The van der Waals surface area contributed by atoms with Crippen LogP contribution in [0.15, 0.2) is 54.7 Å². The van der Waals surface area contributed by atoms with Crippen LogP contribution >= 0.6 is 12.6 Å². The van der Waals surface area contributed by atoms with E-state index in [1.165, 1.54) is 12.1 Å². The van der Waals surface area contributed by atoms with Gasteiger partial charge in [-0.3, -0.25) is 14.4 Å². The van der Waals surface area contributed by atoms with Crippen molar-refractivity contribution in [2.75, 3.05) is 5.75 Å². The van der Waals surface area contributed by atoms with Crippen molar-refractivity contribution in [3.63, 3.8) is 0 Å². The second kappa shape index (κ2) is 14.6. The lowest BCUT2D eigenvalue weighted by Gasteiger charge is -2.25. The number of carboxylic acid groups (broad SMARTS) is 1. The van der Waals surface area contributed by atoms with Crippen LogP contribution in [0.4, 0.5) is 0 Å². The molecule has 0 aliphatic rings. The van der Waals surface area contributed by atoms with E-state index in [4.69, 9.17) is 5.73 Å². The van der Waals surface area contributed by atoms with Crippen molar-refractivity contribution < 1.29 is 29.4 Å². The highest BCUT2D eigenvalue weighted by Gasteiger charge is 2.30. The number of thiol groups is 1. The number of phenols is 1. The molecule has 0 bridgehead atoms. The highest BCUT2D eigenvalue weighted by atomic mass is 32.1. The third-order valence-electron chi connectivity index (χ3n) is 6.60. The number of nitrogens with two attached hydrogens (primary N) is 1. The van der Waals surface area contributed by atoms with Gasteiger partial charge < -0.3 is 36.9 Å². The molecule has 8 N–H and O–H groups in total. The number of fused-ring (bicyclic) bond motifs is 1. The summed E-state index contributed by atoms with van der Waals surface area (Å²) >= 11 is 4.19. The van der Waals surface area contributed by atoms with E-state index in [-0.39, 0.29) is 30.3 Å². The number of phenolic OH excluding ortho intramolecular Hbond substituents is 1. The molecule has 1 aromatic heterocycles. The average Bonchev–Trinajstić information content (AvgIpc) is 3.34. The monoisotopic (exact) mass is 583 g/mol. The maximum Gasteiger partial charge on any atom is 0.326 e. The molecule has 0 aliphatic carbocycles. The number of carboxylic acids is 1. The molecule has 4 unspecified atom stereocenters. The summed E-state index contributed by atoms with van der Waals surface area (Å²) in [7, 11) is 0. The largest absolute Gasteiger partial charge is 0.508 e. The number of H-pyrrole nitrogens is 1. The maximum atomic E-state index is 13.4. The van der Waals surface area contributed by atoms with Crippen LogP contribution in [0.3, 0.4) is 0 Å². The quantitative estimate of drug-likeness (QED) is 0.132. The molecule has 12 heteroatoms. The number of aliphatic carboxylic acids is 1. The molecule has 0 spiro atoms. The Balaban J connectivity index is 1.78. The number of carbonyl (C=O) groups is 4. The Morgan fingerprint density at radius 2 is 1.49 bits per heavy atom. The first-order chi connectivity index (χ1) is 19.5. The molecule has 0 radical (unpaired) electrons. The zero-order valence-electron chi connectivity index (χ0n) is 23.0. The van der Waals surface area contributed by atoms with Gasteiger partial charge in [0.1, 0.15) is 23.9 Å². The number of hydrogen-bond acceptors (Lipinski definition) is 7. The predicted octanol–water partition coefficient (Wildman–Crippen LogP) is 1.50. The van der Waals surface area contributed by atoms with Crippen molar-refractivity contribution in [3.05, 3.63) is 65.9 Å². The van der Waals surface area contributed by atoms with E-state index in [1.807, 2.05) is 38.1 Å². The molecule has 11 nitrogen and oxygen atoms in total. The number of hydrogen-bond donors (Lipinski definition) is 8. The molecule has 3 rings (SSSR count). The van der Waals surface area contributed by atoms with Gasteiger partial charge in [-0.2, -0.15) is 12.6 Å². The molecule has 4 atom stereocenters. The fraction of sp³-hybridized carbons (Fsp3) is 0.379. The van der Waals surface area contributed by atoms with Gasteiger partial charge in [-0.25, -0.2) is 4.79 Å². The first-order valence-electron chi connectivity index (χ1n) is 13.3. The topological polar surface area (TPSA) is 187 Å². The van der Waals surface area contributed by atoms with Crippen LogP contribution in [0.1, 0.15) is 31.4 Å². The maximum absolute atomic E-state index is 13.4. The van der Waals surface area contributed by atoms with Gasteiger partial charge in [0.15, 0.2) is 0 Å². The molecule has 220 valence electrons. The number of nitrogens with one attached hydrogen (secondary N) is 4. The fourth-order valence-corrected chi connectivity index (χ4v) is 4.69. The summed E-state index contributed by atoms with van der Waals surface area (Å²) < 4.78 is 0. The summed E-state index contributed by atoms with van der Waals surface area (Å²) in [6, 6.07) is 9.09. The number of benzene rings is 2. The summed E-state index contributed by atoms with van der Waals surface area (Å²) in [5.74, 6) is -3.01. The van der Waals surface area contributed by atoms with Crippen molar-refractivity contribution in [2.24, 2.45) is 11.7 Å². The number of aromatic amines is 1. The van der Waals surface area contributed by atoms with Gasteiger partial charge in [0.05, 0.1) is 6.04 Å². The highest BCUT2D eigenvalue weighted by molar-refractivity contribution is 7.80. The fourth-order valence-electron chi connectivity index (χ4n) is 4.43. The van der Waals surface area contributed by atoms with Gasteiger partial charge >= 0.3 is 5.97 Å². The Hall–Kier alpha value is -4.03. The number of para-hydroxylation sites is 1. The van der Waals surface area contributed by atoms with Gasteiger partial charge in [-0.05, 0) is 41.7 Å². The van der Waals surface area contributed by atoms with Crippen LogP contribution in [0.2, 0.25) is 0 Å². The summed E-state index contributed by atoms with van der Waals surface area (Å²) in [6.45, 7) is 3.84. The molecule has 1 heterocycles. The zero-order chi connectivity index (χ0) is 30.1. The number of amides is 3. The molecule has 0 saturated carbocycles. The number of aromatic nitrogens is 1. The van der Waals surface area contributed by atoms with Crippen molar-refractivity contribution in [1.82, 2.24) is 20.9 Å². The number of aromatic hydroxyl groups is 1. The first kappa shape index (κ1) is 31.5. The lowest BCUT2D eigenvalue weighted by atomic mass is 10.0. The lowest BCUT2D eigenvalue weighted by molar-refractivity contribution is -0.142. The molecule has 41 heavy (non-hydrogen) atoms. The molecule has 3 aromatic rings. The molecule has 0 saturated heterocycles. The smallest absolute Gasteiger partial charge is 0.326 e. The summed E-state index contributed by atoms with van der Waals surface area (Å²) in [5.41, 5.74) is 8.10. The zero-order valence-corrected chi connectivity index (χ0v) is 23.9. The summed E-state index contributed by atoms with van der Waals surface area (Å²) in [6.07, 6.45) is 2.13. The van der Waals surface area contributed by atoms with Gasteiger partial charge in [-0.1, -0.05) is 44.2 Å². The van der Waals surface area contributed by atoms with Crippen LogP contribution in [-0.2, 0) is 32.0 Å². The molecular weight excluding hydrogens is 546 g/mol. The molecule has 0 fully saturated rings. The minimum absolute atomic E-state index is 0.00260. The standard InChI is InChI=1S/C29H37N5O6S/c1-16(2)11-21(30)26(36)34-25(15-41)28(38)32-23(12-17-7-9-19(35)10-8-17)27(37)33-24(29(39)40)13-18-14-31-22-6-4-3-5-20(18)22/h3-10,14,16,21,23-25,31,35,41H,11-13,15,30H2,1-2H3,(H,32,38)(H,33,37)(H,34,36)(H,39,40). The summed E-state index contributed by atoms with van der Waals surface area (Å²) in [5, 5.41) is 28.1. The van der Waals surface area contributed by atoms with Crippen molar-refractivity contribution in [3.8, 4) is 5.75 Å². The van der Waals surface area contributed by atoms with E-state index in [0.29, 0.717) is 17.5 Å². The van der Waals surface area contributed by atoms with Gasteiger partial charge in [0.2, 0.25) is 17.7 Å². The third-order valence-corrected chi connectivity index (χ3v) is 6.97. The van der Waals surface area contributed by atoms with E-state index in [0.717, 1.165) is 10.9 Å².